The van der Waals surface area contributed by atoms with Crippen molar-refractivity contribution in [2.45, 2.75) is 33.4 Å². The molecule has 0 radical (unpaired) electrons. The van der Waals surface area contributed by atoms with Crippen molar-refractivity contribution in [3.05, 3.63) is 53.6 Å². The molecule has 1 N–H and O–H groups in total. The van der Waals surface area contributed by atoms with Crippen molar-refractivity contribution in [1.82, 2.24) is 10.2 Å². The molecule has 0 fully saturated rings. The van der Waals surface area contributed by atoms with E-state index in [0.717, 1.165) is 15.4 Å². The number of carbonyl (C=O) groups excluding carboxylic acids is 2. The minimum atomic E-state index is -3.81. The standard InChI is InChI=1S/C24H31N3O6S/c1-5-34(30,31)27(20-10-11-21-22(14-20)33-13-12-32-21)16-23(28)26(18(3)24(29)25-4)15-19-8-6-17(2)7-9-19/h6-11,14,18H,5,12-13,15-16H2,1-4H3,(H,25,29)/t18-/m0/s1. The van der Waals surface area contributed by atoms with Crippen LogP contribution >= 0.6 is 0 Å². The molecule has 3 rings (SSSR count). The SMILES string of the molecule is CCS(=O)(=O)N(CC(=O)N(Cc1ccc(C)cc1)[C@@H](C)C(=O)NC)c1ccc2c(c1)OCCO2. The van der Waals surface area contributed by atoms with Gasteiger partial charge in [-0.1, -0.05) is 29.8 Å². The number of anilines is 1. The lowest BCUT2D eigenvalue weighted by Crippen LogP contribution is -2.51. The summed E-state index contributed by atoms with van der Waals surface area (Å²) in [6, 6.07) is 11.6. The fourth-order valence-corrected chi connectivity index (χ4v) is 4.64. The summed E-state index contributed by atoms with van der Waals surface area (Å²) in [7, 11) is -2.31. The number of likely N-dealkylation sites (N-methyl/N-ethyl adjacent to an activating group) is 1. The zero-order chi connectivity index (χ0) is 24.9. The Balaban J connectivity index is 1.94. The highest BCUT2D eigenvalue weighted by molar-refractivity contribution is 7.92. The third-order valence-electron chi connectivity index (χ3n) is 5.68. The number of aryl methyl sites for hydroxylation is 1. The number of carbonyl (C=O) groups is 2. The summed E-state index contributed by atoms with van der Waals surface area (Å²) in [4.78, 5) is 27.3. The zero-order valence-electron chi connectivity index (χ0n) is 19.9. The van der Waals surface area contributed by atoms with E-state index in [1.54, 1.807) is 25.1 Å². The molecule has 2 aromatic carbocycles. The normalized spacial score (nSPS) is 13.6. The van der Waals surface area contributed by atoms with Gasteiger partial charge in [0.05, 0.1) is 11.4 Å². The molecule has 1 heterocycles. The van der Waals surface area contributed by atoms with Crippen molar-refractivity contribution < 1.29 is 27.5 Å². The molecule has 0 saturated heterocycles. The van der Waals surface area contributed by atoms with Gasteiger partial charge in [-0.3, -0.25) is 13.9 Å². The number of benzene rings is 2. The minimum absolute atomic E-state index is 0.162. The van der Waals surface area contributed by atoms with Crippen molar-refractivity contribution in [3.8, 4) is 11.5 Å². The number of amides is 2. The van der Waals surface area contributed by atoms with Crippen LogP contribution in [0.4, 0.5) is 5.69 Å². The minimum Gasteiger partial charge on any atom is -0.486 e. The first-order valence-electron chi connectivity index (χ1n) is 11.1. The Morgan fingerprint density at radius 2 is 1.71 bits per heavy atom. The summed E-state index contributed by atoms with van der Waals surface area (Å²) < 4.78 is 38.1. The molecule has 1 aliphatic heterocycles. The highest BCUT2D eigenvalue weighted by Crippen LogP contribution is 2.35. The van der Waals surface area contributed by atoms with E-state index in [1.807, 2.05) is 31.2 Å². The molecule has 184 valence electrons. The van der Waals surface area contributed by atoms with E-state index in [0.29, 0.717) is 30.4 Å². The van der Waals surface area contributed by atoms with E-state index in [1.165, 1.54) is 18.9 Å². The van der Waals surface area contributed by atoms with Crippen molar-refractivity contribution in [1.29, 1.82) is 0 Å². The largest absolute Gasteiger partial charge is 0.486 e. The van der Waals surface area contributed by atoms with Gasteiger partial charge in [0.25, 0.3) is 0 Å². The van der Waals surface area contributed by atoms with Crippen LogP contribution < -0.4 is 19.1 Å². The topological polar surface area (TPSA) is 105 Å². The lowest BCUT2D eigenvalue weighted by molar-refractivity contribution is -0.139. The van der Waals surface area contributed by atoms with Crippen molar-refractivity contribution in [2.75, 3.05) is 36.9 Å². The first kappa shape index (κ1) is 25.4. The van der Waals surface area contributed by atoms with E-state index in [4.69, 9.17) is 9.47 Å². The highest BCUT2D eigenvalue weighted by Gasteiger charge is 2.31. The second kappa shape index (κ2) is 10.8. The second-order valence-electron chi connectivity index (χ2n) is 8.03. The van der Waals surface area contributed by atoms with E-state index in [-0.39, 0.29) is 18.2 Å². The van der Waals surface area contributed by atoms with Crippen LogP contribution in [-0.2, 0) is 26.2 Å². The number of sulfonamides is 1. The summed E-state index contributed by atoms with van der Waals surface area (Å²) in [6.07, 6.45) is 0. The molecule has 0 bridgehead atoms. The van der Waals surface area contributed by atoms with Gasteiger partial charge in [0.15, 0.2) is 11.5 Å². The number of fused-ring (bicyclic) bond motifs is 1. The van der Waals surface area contributed by atoms with Crippen LogP contribution in [0.25, 0.3) is 0 Å². The fourth-order valence-electron chi connectivity index (χ4n) is 3.59. The van der Waals surface area contributed by atoms with Crippen LogP contribution in [-0.4, -0.2) is 63.7 Å². The van der Waals surface area contributed by atoms with Crippen LogP contribution in [0.1, 0.15) is 25.0 Å². The molecule has 1 aliphatic rings. The van der Waals surface area contributed by atoms with E-state index < -0.39 is 28.5 Å². The van der Waals surface area contributed by atoms with Crippen LogP contribution in [0.15, 0.2) is 42.5 Å². The Morgan fingerprint density at radius 1 is 1.06 bits per heavy atom. The summed E-state index contributed by atoms with van der Waals surface area (Å²) in [6.45, 7) is 5.56. The number of nitrogens with one attached hydrogen (secondary N) is 1. The van der Waals surface area contributed by atoms with E-state index in [9.17, 15) is 18.0 Å². The Kier molecular flexibility index (Phi) is 8.03. The average Bonchev–Trinajstić information content (AvgIpc) is 2.85. The molecule has 0 aliphatic carbocycles. The van der Waals surface area contributed by atoms with Gasteiger partial charge in [-0.2, -0.15) is 0 Å². The summed E-state index contributed by atoms with van der Waals surface area (Å²) >= 11 is 0. The molecule has 10 heteroatoms. The maximum atomic E-state index is 13.5. The Bertz CT molecular complexity index is 1130. The molecule has 1 atom stereocenters. The number of nitrogens with zero attached hydrogens (tertiary/aromatic N) is 2. The Labute approximate surface area is 200 Å². The van der Waals surface area contributed by atoms with Crippen molar-refractivity contribution in [3.63, 3.8) is 0 Å². The monoisotopic (exact) mass is 489 g/mol. The number of hydrogen-bond donors (Lipinski definition) is 1. The molecule has 34 heavy (non-hydrogen) atoms. The fraction of sp³-hybridized carbons (Fsp3) is 0.417. The van der Waals surface area contributed by atoms with Crippen LogP contribution in [0, 0.1) is 6.92 Å². The first-order valence-corrected chi connectivity index (χ1v) is 12.7. The number of hydrogen-bond acceptors (Lipinski definition) is 6. The van der Waals surface area contributed by atoms with Crippen LogP contribution in [0.5, 0.6) is 11.5 Å². The van der Waals surface area contributed by atoms with Crippen LogP contribution in [0.2, 0.25) is 0 Å². The average molecular weight is 490 g/mol. The molecule has 0 unspecified atom stereocenters. The molecule has 2 amide bonds. The second-order valence-corrected chi connectivity index (χ2v) is 10.2. The summed E-state index contributed by atoms with van der Waals surface area (Å²) in [5, 5.41) is 2.56. The Morgan fingerprint density at radius 3 is 2.32 bits per heavy atom. The predicted molar refractivity (Wildman–Crippen MR) is 129 cm³/mol. The van der Waals surface area contributed by atoms with Gasteiger partial charge >= 0.3 is 0 Å². The zero-order valence-corrected chi connectivity index (χ0v) is 20.7. The molecule has 0 aromatic heterocycles. The van der Waals surface area contributed by atoms with Gasteiger partial charge in [0.1, 0.15) is 25.8 Å². The third-order valence-corrected chi connectivity index (χ3v) is 7.42. The van der Waals surface area contributed by atoms with E-state index in [2.05, 4.69) is 5.32 Å². The molecular formula is C24H31N3O6S. The quantitative estimate of drug-likeness (QED) is 0.578. The molecule has 2 aromatic rings. The highest BCUT2D eigenvalue weighted by atomic mass is 32.2. The van der Waals surface area contributed by atoms with Crippen molar-refractivity contribution in [2.24, 2.45) is 0 Å². The smallest absolute Gasteiger partial charge is 0.244 e. The maximum Gasteiger partial charge on any atom is 0.244 e. The predicted octanol–water partition coefficient (Wildman–Crippen LogP) is 2.09. The lowest BCUT2D eigenvalue weighted by Gasteiger charge is -2.32. The lowest BCUT2D eigenvalue weighted by atomic mass is 10.1. The van der Waals surface area contributed by atoms with Crippen molar-refractivity contribution >= 4 is 27.5 Å². The van der Waals surface area contributed by atoms with Gasteiger partial charge in [-0.25, -0.2) is 8.42 Å². The summed E-state index contributed by atoms with van der Waals surface area (Å²) in [5.74, 6) is -0.0991. The van der Waals surface area contributed by atoms with Gasteiger partial charge in [-0.05, 0) is 38.5 Å². The molecular weight excluding hydrogens is 458 g/mol. The molecule has 9 nitrogen and oxygen atoms in total. The van der Waals surface area contributed by atoms with E-state index >= 15 is 0 Å². The summed E-state index contributed by atoms with van der Waals surface area (Å²) in [5.41, 5.74) is 2.20. The van der Waals surface area contributed by atoms with Gasteiger partial charge in [-0.15, -0.1) is 0 Å². The van der Waals surface area contributed by atoms with Crippen LogP contribution in [0.3, 0.4) is 0 Å². The molecule has 0 saturated carbocycles. The third kappa shape index (κ3) is 5.80. The molecule has 0 spiro atoms. The Hall–Kier alpha value is -3.27. The maximum absolute atomic E-state index is 13.5. The number of ether oxygens (including phenoxy) is 2. The number of rotatable bonds is 9. The van der Waals surface area contributed by atoms with Gasteiger partial charge in [0.2, 0.25) is 21.8 Å². The van der Waals surface area contributed by atoms with Gasteiger partial charge in [0, 0.05) is 19.7 Å². The first-order chi connectivity index (χ1) is 16.2. The van der Waals surface area contributed by atoms with Gasteiger partial charge < -0.3 is 19.7 Å².